The second-order valence-electron chi connectivity index (χ2n) is 3.41. The highest BCUT2D eigenvalue weighted by molar-refractivity contribution is 6.34. The molecule has 0 radical (unpaired) electrons. The van der Waals surface area contributed by atoms with Crippen LogP contribution < -0.4 is 15.9 Å². The third-order valence-corrected chi connectivity index (χ3v) is 2.05. The number of primary amides is 1. The van der Waals surface area contributed by atoms with Crippen LogP contribution in [0.2, 0.25) is 0 Å². The van der Waals surface area contributed by atoms with Gasteiger partial charge in [-0.1, -0.05) is 0 Å². The van der Waals surface area contributed by atoms with Gasteiger partial charge in [-0.05, 0) is 36.8 Å². The summed E-state index contributed by atoms with van der Waals surface area (Å²) in [5.74, 6) is -2.19. The lowest BCUT2D eigenvalue weighted by atomic mass is 10.1. The topological polar surface area (TPSA) is 93.8 Å². The molecule has 1 aromatic carbocycles. The summed E-state index contributed by atoms with van der Waals surface area (Å²) >= 11 is 0. The number of nitrogens with two attached hydrogens (primary N) is 1. The number of amides is 2. The molecule has 3 N–H and O–H groups in total. The molecule has 0 aliphatic rings. The molecule has 0 spiro atoms. The predicted molar refractivity (Wildman–Crippen MR) is 62.6 cm³/mol. The Morgan fingerprint density at radius 1 is 1.32 bits per heavy atom. The quantitative estimate of drug-likeness (QED) is 0.477. The van der Waals surface area contributed by atoms with E-state index < -0.39 is 18.4 Å². The van der Waals surface area contributed by atoms with Crippen LogP contribution in [0.4, 0.5) is 8.78 Å². The normalized spacial score (nSPS) is 11.3. The Morgan fingerprint density at radius 3 is 2.37 bits per heavy atom. The van der Waals surface area contributed by atoms with Crippen LogP contribution in [-0.4, -0.2) is 24.1 Å². The minimum absolute atomic E-state index is 0.00715. The van der Waals surface area contributed by atoms with Crippen LogP contribution in [0.15, 0.2) is 29.4 Å². The summed E-state index contributed by atoms with van der Waals surface area (Å²) in [5.41, 5.74) is 7.60. The molecule has 0 saturated carbocycles. The lowest BCUT2D eigenvalue weighted by Gasteiger charge is -2.05. The zero-order chi connectivity index (χ0) is 14.4. The number of carbonyl (C=O) groups is 2. The molecule has 1 rings (SSSR count). The van der Waals surface area contributed by atoms with Gasteiger partial charge in [0.1, 0.15) is 5.75 Å². The third-order valence-electron chi connectivity index (χ3n) is 2.05. The van der Waals surface area contributed by atoms with E-state index in [-0.39, 0.29) is 5.75 Å². The summed E-state index contributed by atoms with van der Waals surface area (Å²) in [4.78, 5) is 21.3. The molecule has 0 heterocycles. The van der Waals surface area contributed by atoms with E-state index >= 15 is 0 Å². The fourth-order valence-corrected chi connectivity index (χ4v) is 1.13. The van der Waals surface area contributed by atoms with Gasteiger partial charge in [-0.25, -0.2) is 5.43 Å². The van der Waals surface area contributed by atoms with Gasteiger partial charge in [-0.3, -0.25) is 9.59 Å². The molecule has 8 heteroatoms. The van der Waals surface area contributed by atoms with E-state index in [0.717, 1.165) is 0 Å². The van der Waals surface area contributed by atoms with Gasteiger partial charge < -0.3 is 10.5 Å². The molecular formula is C11H11F2N3O3. The molecule has 0 atom stereocenters. The zero-order valence-electron chi connectivity index (χ0n) is 9.89. The van der Waals surface area contributed by atoms with Gasteiger partial charge in [0.25, 0.3) is 0 Å². The lowest BCUT2D eigenvalue weighted by Crippen LogP contribution is -2.33. The molecule has 102 valence electrons. The van der Waals surface area contributed by atoms with Gasteiger partial charge in [0.15, 0.2) is 0 Å². The number of nitrogens with zero attached hydrogens (tertiary/aromatic N) is 1. The molecule has 2 amide bonds. The Hall–Kier alpha value is -2.51. The Labute approximate surface area is 107 Å². The molecule has 0 saturated heterocycles. The van der Waals surface area contributed by atoms with E-state index in [1.807, 2.05) is 5.43 Å². The number of nitrogens with one attached hydrogen (secondary N) is 1. The van der Waals surface area contributed by atoms with Crippen molar-refractivity contribution in [1.29, 1.82) is 0 Å². The molecule has 6 nitrogen and oxygen atoms in total. The summed E-state index contributed by atoms with van der Waals surface area (Å²) in [6, 6.07) is 5.62. The van der Waals surface area contributed by atoms with Gasteiger partial charge in [0.2, 0.25) is 0 Å². The highest BCUT2D eigenvalue weighted by Crippen LogP contribution is 2.15. The summed E-state index contributed by atoms with van der Waals surface area (Å²) in [7, 11) is 0. The van der Waals surface area contributed by atoms with Crippen LogP contribution in [-0.2, 0) is 9.59 Å². The van der Waals surface area contributed by atoms with Crippen molar-refractivity contribution in [3.05, 3.63) is 29.8 Å². The average Bonchev–Trinajstić information content (AvgIpc) is 2.35. The first-order chi connectivity index (χ1) is 8.90. The third kappa shape index (κ3) is 4.70. The molecule has 19 heavy (non-hydrogen) atoms. The van der Waals surface area contributed by atoms with Crippen molar-refractivity contribution in [3.63, 3.8) is 0 Å². The molecule has 1 aromatic rings. The van der Waals surface area contributed by atoms with Crippen molar-refractivity contribution >= 4 is 17.5 Å². The fourth-order valence-electron chi connectivity index (χ4n) is 1.13. The SMILES string of the molecule is CC(=NNC(=O)C(N)=O)c1ccc(OC(F)F)cc1. The molecule has 0 unspecified atom stereocenters. The number of carbonyl (C=O) groups excluding carboxylic acids is 2. The average molecular weight is 271 g/mol. The Morgan fingerprint density at radius 2 is 1.89 bits per heavy atom. The van der Waals surface area contributed by atoms with Gasteiger partial charge in [0.05, 0.1) is 5.71 Å². The van der Waals surface area contributed by atoms with Crippen molar-refractivity contribution in [2.45, 2.75) is 13.5 Å². The molecule has 0 aliphatic carbocycles. The maximum atomic E-state index is 11.9. The van der Waals surface area contributed by atoms with Gasteiger partial charge in [-0.15, -0.1) is 0 Å². The minimum atomic E-state index is -2.89. The molecule has 0 fully saturated rings. The number of rotatable bonds is 4. The summed E-state index contributed by atoms with van der Waals surface area (Å²) in [6.45, 7) is -1.33. The van der Waals surface area contributed by atoms with Crippen LogP contribution >= 0.6 is 0 Å². The maximum absolute atomic E-state index is 11.9. The first-order valence-electron chi connectivity index (χ1n) is 5.09. The number of ether oxygens (including phenoxy) is 1. The van der Waals surface area contributed by atoms with E-state index in [4.69, 9.17) is 5.73 Å². The van der Waals surface area contributed by atoms with E-state index in [9.17, 15) is 18.4 Å². The number of alkyl halides is 2. The number of hydrazone groups is 1. The number of halogens is 2. The second-order valence-corrected chi connectivity index (χ2v) is 3.41. The van der Waals surface area contributed by atoms with E-state index in [2.05, 4.69) is 9.84 Å². The van der Waals surface area contributed by atoms with Crippen LogP contribution in [0, 0.1) is 0 Å². The zero-order valence-corrected chi connectivity index (χ0v) is 9.89. The highest BCUT2D eigenvalue weighted by Gasteiger charge is 2.07. The molecule has 0 aromatic heterocycles. The maximum Gasteiger partial charge on any atom is 0.387 e. The van der Waals surface area contributed by atoms with Crippen molar-refractivity contribution < 1.29 is 23.1 Å². The summed E-state index contributed by atoms with van der Waals surface area (Å²) < 4.78 is 28.0. The van der Waals surface area contributed by atoms with Crippen LogP contribution in [0.3, 0.4) is 0 Å². The molecule has 0 bridgehead atoms. The van der Waals surface area contributed by atoms with Crippen LogP contribution in [0.1, 0.15) is 12.5 Å². The van der Waals surface area contributed by atoms with Gasteiger partial charge in [-0.2, -0.15) is 13.9 Å². The second kappa shape index (κ2) is 6.43. The standard InChI is InChI=1S/C11H11F2N3O3/c1-6(15-16-10(18)9(14)17)7-2-4-8(5-3-7)19-11(12)13/h2-5,11H,1H3,(H2,14,17)(H,16,18). The van der Waals surface area contributed by atoms with Crippen LogP contribution in [0.25, 0.3) is 0 Å². The Kier molecular flexibility index (Phi) is 4.92. The fraction of sp³-hybridized carbons (Fsp3) is 0.182. The van der Waals surface area contributed by atoms with Crippen LogP contribution in [0.5, 0.6) is 5.75 Å². The van der Waals surface area contributed by atoms with Crippen molar-refractivity contribution in [2.75, 3.05) is 0 Å². The summed E-state index contributed by atoms with van der Waals surface area (Å²) in [5, 5.41) is 3.63. The van der Waals surface area contributed by atoms with E-state index in [0.29, 0.717) is 11.3 Å². The Balaban J connectivity index is 2.72. The molecular weight excluding hydrogens is 260 g/mol. The van der Waals surface area contributed by atoms with Crippen molar-refractivity contribution in [2.24, 2.45) is 10.8 Å². The lowest BCUT2D eigenvalue weighted by molar-refractivity contribution is -0.137. The first-order valence-corrected chi connectivity index (χ1v) is 5.09. The first kappa shape index (κ1) is 14.6. The predicted octanol–water partition coefficient (Wildman–Crippen LogP) is 0.613. The highest BCUT2D eigenvalue weighted by atomic mass is 19.3. The van der Waals surface area contributed by atoms with Crippen molar-refractivity contribution in [1.82, 2.24) is 5.43 Å². The van der Waals surface area contributed by atoms with Gasteiger partial charge >= 0.3 is 18.4 Å². The van der Waals surface area contributed by atoms with E-state index in [1.165, 1.54) is 24.3 Å². The number of hydrogen-bond donors (Lipinski definition) is 2. The number of benzene rings is 1. The minimum Gasteiger partial charge on any atom is -0.435 e. The Bertz CT molecular complexity index is 500. The largest absolute Gasteiger partial charge is 0.435 e. The number of hydrogen-bond acceptors (Lipinski definition) is 4. The summed E-state index contributed by atoms with van der Waals surface area (Å²) in [6.07, 6.45) is 0. The van der Waals surface area contributed by atoms with E-state index in [1.54, 1.807) is 6.92 Å². The van der Waals surface area contributed by atoms with Crippen molar-refractivity contribution in [3.8, 4) is 5.75 Å². The monoisotopic (exact) mass is 271 g/mol. The smallest absolute Gasteiger partial charge is 0.387 e. The van der Waals surface area contributed by atoms with Gasteiger partial charge in [0, 0.05) is 0 Å². The molecule has 0 aliphatic heterocycles.